The summed E-state index contributed by atoms with van der Waals surface area (Å²) in [6, 6.07) is 13.5. The molecule has 0 aliphatic heterocycles. The van der Waals surface area contributed by atoms with E-state index in [0.29, 0.717) is 20.6 Å². The first-order valence-electron chi connectivity index (χ1n) is 8.61. The Morgan fingerprint density at radius 2 is 1.96 bits per heavy atom. The van der Waals surface area contributed by atoms with Gasteiger partial charge < -0.3 is 4.57 Å². The summed E-state index contributed by atoms with van der Waals surface area (Å²) in [7, 11) is 0. The summed E-state index contributed by atoms with van der Waals surface area (Å²) in [5.41, 5.74) is 1.67. The zero-order valence-electron chi connectivity index (χ0n) is 15.4. The lowest BCUT2D eigenvalue weighted by Crippen LogP contribution is -2.18. The van der Waals surface area contributed by atoms with Crippen LogP contribution >= 0.6 is 46.5 Å². The molecule has 0 fully saturated rings. The second-order valence-electron chi connectivity index (χ2n) is 6.25. The van der Waals surface area contributed by atoms with Gasteiger partial charge in [0.2, 0.25) is 0 Å². The predicted molar refractivity (Wildman–Crippen MR) is 121 cm³/mol. The van der Waals surface area contributed by atoms with Crippen molar-refractivity contribution in [3.05, 3.63) is 57.9 Å². The Hall–Kier alpha value is -1.21. The molecule has 0 spiro atoms. The van der Waals surface area contributed by atoms with Gasteiger partial charge in [-0.15, -0.1) is 11.8 Å². The van der Waals surface area contributed by atoms with Crippen LogP contribution in [0.15, 0.2) is 52.4 Å². The van der Waals surface area contributed by atoms with E-state index in [4.69, 9.17) is 11.6 Å². The molecule has 1 aromatic heterocycles. The van der Waals surface area contributed by atoms with Gasteiger partial charge in [-0.05, 0) is 48.7 Å². The zero-order valence-corrected chi connectivity index (χ0v) is 18.6. The number of hydrogen-bond acceptors (Lipinski definition) is 4. The second kappa shape index (κ2) is 9.32. The van der Waals surface area contributed by atoms with Crippen LogP contribution in [0.5, 0.6) is 0 Å². The molecule has 142 valence electrons. The fraction of sp³-hybridized carbons (Fsp3) is 0.300. The Morgan fingerprint density at radius 1 is 1.22 bits per heavy atom. The number of rotatable bonds is 6. The first-order chi connectivity index (χ1) is 13.0. The lowest BCUT2D eigenvalue weighted by atomic mass is 10.2. The highest BCUT2D eigenvalue weighted by Crippen LogP contribution is 2.24. The van der Waals surface area contributed by atoms with Crippen LogP contribution in [0.2, 0.25) is 5.02 Å². The highest BCUT2D eigenvalue weighted by Gasteiger charge is 2.10. The molecule has 0 bridgehead atoms. The fourth-order valence-corrected chi connectivity index (χ4v) is 5.16. The van der Waals surface area contributed by atoms with E-state index in [9.17, 15) is 4.79 Å². The molecule has 3 nitrogen and oxygen atoms in total. The third-order valence-corrected chi connectivity index (χ3v) is 6.72. The van der Waals surface area contributed by atoms with E-state index in [1.165, 1.54) is 11.3 Å². The van der Waals surface area contributed by atoms with Gasteiger partial charge >= 0.3 is 0 Å². The first-order valence-corrected chi connectivity index (χ1v) is 12.1. The van der Waals surface area contributed by atoms with Gasteiger partial charge in [-0.1, -0.05) is 36.8 Å². The highest BCUT2D eigenvalue weighted by molar-refractivity contribution is 7.99. The number of thiazole rings is 1. The molecule has 0 atom stereocenters. The van der Waals surface area contributed by atoms with Crippen LogP contribution in [0.4, 0.5) is 0 Å². The van der Waals surface area contributed by atoms with Crippen molar-refractivity contribution in [2.75, 3.05) is 12.0 Å². The maximum atomic E-state index is 12.7. The molecule has 0 aliphatic carbocycles. The van der Waals surface area contributed by atoms with E-state index >= 15 is 0 Å². The summed E-state index contributed by atoms with van der Waals surface area (Å²) in [4.78, 5) is 19.0. The van der Waals surface area contributed by atoms with Gasteiger partial charge in [-0.2, -0.15) is 16.8 Å². The van der Waals surface area contributed by atoms with E-state index in [2.05, 4.69) is 29.7 Å². The number of nitrogens with zero attached hydrogens (tertiary/aromatic N) is 2. The summed E-state index contributed by atoms with van der Waals surface area (Å²) in [6.07, 6.45) is 2.07. The number of fused-ring (bicyclic) bond motifs is 1. The van der Waals surface area contributed by atoms with Crippen molar-refractivity contribution in [3.63, 3.8) is 0 Å². The van der Waals surface area contributed by atoms with Gasteiger partial charge in [0.25, 0.3) is 5.91 Å². The quantitative estimate of drug-likeness (QED) is 0.447. The molecule has 27 heavy (non-hydrogen) atoms. The van der Waals surface area contributed by atoms with Gasteiger partial charge in [0.15, 0.2) is 4.80 Å². The molecule has 0 saturated carbocycles. The Morgan fingerprint density at radius 3 is 2.63 bits per heavy atom. The largest absolute Gasteiger partial charge is 0.316 e. The van der Waals surface area contributed by atoms with Crippen LogP contribution in [0.25, 0.3) is 10.2 Å². The summed E-state index contributed by atoms with van der Waals surface area (Å²) in [5, 5.41) is 1.20. The van der Waals surface area contributed by atoms with Crippen molar-refractivity contribution >= 4 is 62.6 Å². The monoisotopic (exact) mass is 436 g/mol. The third-order valence-electron chi connectivity index (χ3n) is 3.83. The number of hydrogen-bond donors (Lipinski definition) is 0. The highest BCUT2D eigenvalue weighted by atomic mass is 35.5. The van der Waals surface area contributed by atoms with Gasteiger partial charge in [0.05, 0.1) is 10.2 Å². The van der Waals surface area contributed by atoms with Crippen molar-refractivity contribution in [1.29, 1.82) is 0 Å². The molecule has 3 rings (SSSR count). The molecule has 0 aliphatic rings. The van der Waals surface area contributed by atoms with Crippen LogP contribution in [0, 0.1) is 0 Å². The Balaban J connectivity index is 1.97. The number of benzene rings is 2. The predicted octanol–water partition coefficient (Wildman–Crippen LogP) is 5.96. The smallest absolute Gasteiger partial charge is 0.279 e. The van der Waals surface area contributed by atoms with E-state index < -0.39 is 0 Å². The average Bonchev–Trinajstić information content (AvgIpc) is 2.96. The van der Waals surface area contributed by atoms with Crippen molar-refractivity contribution in [2.24, 2.45) is 4.99 Å². The van der Waals surface area contributed by atoms with Gasteiger partial charge in [-0.25, -0.2) is 0 Å². The van der Waals surface area contributed by atoms with Crippen LogP contribution < -0.4 is 4.80 Å². The van der Waals surface area contributed by atoms with E-state index in [1.807, 2.05) is 42.5 Å². The molecule has 2 aromatic carbocycles. The number of thioether (sulfide) groups is 2. The topological polar surface area (TPSA) is 34.4 Å². The van der Waals surface area contributed by atoms with Gasteiger partial charge in [-0.3, -0.25) is 4.79 Å². The first kappa shape index (κ1) is 20.5. The molecule has 0 N–H and O–H groups in total. The Kier molecular flexibility index (Phi) is 7.09. The number of aryl methyl sites for hydroxylation is 1. The van der Waals surface area contributed by atoms with Crippen molar-refractivity contribution in [3.8, 4) is 0 Å². The van der Waals surface area contributed by atoms with Crippen molar-refractivity contribution in [2.45, 2.75) is 30.5 Å². The molecule has 1 amide bonds. The van der Waals surface area contributed by atoms with Crippen LogP contribution in [0.3, 0.4) is 0 Å². The minimum Gasteiger partial charge on any atom is -0.316 e. The summed E-state index contributed by atoms with van der Waals surface area (Å²) in [6.45, 7) is 5.11. The van der Waals surface area contributed by atoms with Crippen molar-refractivity contribution < 1.29 is 4.79 Å². The Labute approximate surface area is 176 Å². The van der Waals surface area contributed by atoms with Gasteiger partial charge in [0.1, 0.15) is 0 Å². The average molecular weight is 437 g/mol. The minimum atomic E-state index is -0.216. The molecule has 0 saturated heterocycles. The third kappa shape index (κ3) is 5.19. The number of carbonyl (C=O) groups is 1. The molecular weight excluding hydrogens is 416 g/mol. The molecule has 0 unspecified atom stereocenters. The fourth-order valence-electron chi connectivity index (χ4n) is 2.63. The molecular formula is C20H21ClN2OS3. The normalized spacial score (nSPS) is 12.3. The molecule has 0 radical (unpaired) electrons. The summed E-state index contributed by atoms with van der Waals surface area (Å²) >= 11 is 11.2. The van der Waals surface area contributed by atoms with Crippen LogP contribution in [-0.2, 0) is 6.54 Å². The SMILES string of the molecule is CSCCn1c(=NC(=O)c2ccc(SC(C)C)cc2)sc2cc(Cl)ccc21. The number of carbonyl (C=O) groups excluding carboxylic acids is 1. The minimum absolute atomic E-state index is 0.216. The standard InChI is InChI=1S/C20H21ClN2OS3/c1-13(2)26-16-7-4-14(5-8-16)19(24)22-20-23(10-11-25-3)17-9-6-15(21)12-18(17)27-20/h4-9,12-13H,10-11H2,1-3H3. The van der Waals surface area contributed by atoms with Crippen LogP contribution in [-0.4, -0.2) is 27.7 Å². The van der Waals surface area contributed by atoms with E-state index in [-0.39, 0.29) is 5.91 Å². The lowest BCUT2D eigenvalue weighted by Gasteiger charge is -2.05. The lowest BCUT2D eigenvalue weighted by molar-refractivity contribution is 0.0998. The molecule has 1 heterocycles. The molecule has 3 aromatic rings. The second-order valence-corrected chi connectivity index (χ2v) is 10.3. The van der Waals surface area contributed by atoms with Crippen molar-refractivity contribution in [1.82, 2.24) is 4.57 Å². The van der Waals surface area contributed by atoms with Gasteiger partial charge in [0, 0.05) is 33.0 Å². The summed E-state index contributed by atoms with van der Waals surface area (Å²) < 4.78 is 3.15. The van der Waals surface area contributed by atoms with E-state index in [0.717, 1.165) is 27.4 Å². The maximum absolute atomic E-state index is 12.7. The number of aromatic nitrogens is 1. The zero-order chi connectivity index (χ0) is 19.4. The summed E-state index contributed by atoms with van der Waals surface area (Å²) in [5.74, 6) is 0.739. The van der Waals surface area contributed by atoms with Crippen LogP contribution in [0.1, 0.15) is 24.2 Å². The number of halogens is 1. The molecule has 7 heteroatoms. The van der Waals surface area contributed by atoms with E-state index in [1.54, 1.807) is 23.5 Å². The number of amides is 1. The Bertz CT molecular complexity index is 1010. The maximum Gasteiger partial charge on any atom is 0.279 e.